The molecule has 0 radical (unpaired) electrons. The minimum Gasteiger partial charge on any atom is -0.480 e. The van der Waals surface area contributed by atoms with Crippen molar-refractivity contribution in [2.45, 2.75) is 31.7 Å². The van der Waals surface area contributed by atoms with E-state index in [4.69, 9.17) is 5.11 Å². The molecule has 0 unspecified atom stereocenters. The summed E-state index contributed by atoms with van der Waals surface area (Å²) in [4.78, 5) is 25.3. The molecule has 0 atom stereocenters. The molecule has 0 spiro atoms. The third-order valence-electron chi connectivity index (χ3n) is 3.99. The van der Waals surface area contributed by atoms with Gasteiger partial charge in [0.1, 0.15) is 6.54 Å². The number of amides is 1. The smallest absolute Gasteiger partial charge is 0.323 e. The molecule has 1 N–H and O–H groups in total. The number of pyridine rings is 1. The molecule has 21 heavy (non-hydrogen) atoms. The first-order chi connectivity index (χ1) is 10.2. The largest absolute Gasteiger partial charge is 0.480 e. The highest BCUT2D eigenvalue weighted by molar-refractivity contribution is 6.01. The standard InChI is InChI=1S/C15H17N3O3/c19-14(20)10-17(11-5-1-2-6-11)15(21)12-9-16-18-8-4-3-7-13(12)18/h3-4,7-9,11H,1-2,5-6,10H2,(H,19,20). The van der Waals surface area contributed by atoms with Crippen LogP contribution in [0.25, 0.3) is 5.52 Å². The van der Waals surface area contributed by atoms with Gasteiger partial charge in [-0.25, -0.2) is 4.52 Å². The molecule has 2 aromatic rings. The number of rotatable bonds is 4. The maximum absolute atomic E-state index is 12.8. The summed E-state index contributed by atoms with van der Waals surface area (Å²) < 4.78 is 1.63. The van der Waals surface area contributed by atoms with Crippen LogP contribution >= 0.6 is 0 Å². The van der Waals surface area contributed by atoms with Crippen molar-refractivity contribution in [3.05, 3.63) is 36.2 Å². The Morgan fingerprint density at radius 1 is 1.33 bits per heavy atom. The summed E-state index contributed by atoms with van der Waals surface area (Å²) in [6, 6.07) is 5.51. The van der Waals surface area contributed by atoms with Gasteiger partial charge in [0, 0.05) is 12.2 Å². The lowest BCUT2D eigenvalue weighted by Gasteiger charge is -2.27. The summed E-state index contributed by atoms with van der Waals surface area (Å²) in [7, 11) is 0. The first kappa shape index (κ1) is 13.6. The summed E-state index contributed by atoms with van der Waals surface area (Å²) in [6.45, 7) is -0.256. The van der Waals surface area contributed by atoms with Crippen molar-refractivity contribution in [1.82, 2.24) is 14.5 Å². The fourth-order valence-electron chi connectivity index (χ4n) is 2.98. The highest BCUT2D eigenvalue weighted by Crippen LogP contribution is 2.25. The van der Waals surface area contributed by atoms with Crippen LogP contribution in [-0.2, 0) is 4.79 Å². The average Bonchev–Trinajstić information content (AvgIpc) is 3.13. The zero-order valence-electron chi connectivity index (χ0n) is 11.6. The Labute approximate surface area is 122 Å². The number of carboxylic acids is 1. The van der Waals surface area contributed by atoms with Gasteiger partial charge in [0.05, 0.1) is 17.3 Å². The molecule has 1 fully saturated rings. The molecule has 0 saturated heterocycles. The summed E-state index contributed by atoms with van der Waals surface area (Å²) >= 11 is 0. The fraction of sp³-hybridized carbons (Fsp3) is 0.400. The molecule has 2 aromatic heterocycles. The number of carbonyl (C=O) groups is 2. The van der Waals surface area contributed by atoms with Crippen LogP contribution in [-0.4, -0.2) is 44.1 Å². The van der Waals surface area contributed by atoms with Gasteiger partial charge in [0.25, 0.3) is 5.91 Å². The van der Waals surface area contributed by atoms with Crippen LogP contribution in [0.4, 0.5) is 0 Å². The fourth-order valence-corrected chi connectivity index (χ4v) is 2.98. The van der Waals surface area contributed by atoms with Crippen LogP contribution in [0.5, 0.6) is 0 Å². The van der Waals surface area contributed by atoms with Crippen molar-refractivity contribution in [1.29, 1.82) is 0 Å². The van der Waals surface area contributed by atoms with E-state index in [-0.39, 0.29) is 18.5 Å². The molecule has 0 aromatic carbocycles. The second-order valence-electron chi connectivity index (χ2n) is 5.35. The van der Waals surface area contributed by atoms with E-state index in [1.165, 1.54) is 11.1 Å². The molecule has 3 rings (SSSR count). The third-order valence-corrected chi connectivity index (χ3v) is 3.99. The first-order valence-electron chi connectivity index (χ1n) is 7.12. The van der Waals surface area contributed by atoms with Gasteiger partial charge in [0.2, 0.25) is 0 Å². The number of carbonyl (C=O) groups excluding carboxylic acids is 1. The van der Waals surface area contributed by atoms with E-state index < -0.39 is 5.97 Å². The monoisotopic (exact) mass is 287 g/mol. The van der Waals surface area contributed by atoms with E-state index >= 15 is 0 Å². The van der Waals surface area contributed by atoms with Crippen LogP contribution in [0.2, 0.25) is 0 Å². The van der Waals surface area contributed by atoms with Crippen LogP contribution in [0.1, 0.15) is 36.0 Å². The Balaban J connectivity index is 1.94. The predicted molar refractivity (Wildman–Crippen MR) is 76.1 cm³/mol. The molecule has 2 heterocycles. The topological polar surface area (TPSA) is 74.9 Å². The minimum atomic E-state index is -0.980. The molecule has 0 aliphatic heterocycles. The number of hydrogen-bond donors (Lipinski definition) is 1. The number of fused-ring (bicyclic) bond motifs is 1. The molecule has 6 heteroatoms. The van der Waals surface area contributed by atoms with Gasteiger partial charge in [-0.15, -0.1) is 0 Å². The van der Waals surface area contributed by atoms with E-state index in [1.54, 1.807) is 10.7 Å². The third kappa shape index (κ3) is 2.61. The predicted octanol–water partition coefficient (Wildman–Crippen LogP) is 1.80. The van der Waals surface area contributed by atoms with Gasteiger partial charge in [-0.1, -0.05) is 18.9 Å². The minimum absolute atomic E-state index is 0.0206. The Hall–Kier alpha value is -2.37. The molecule has 1 aliphatic rings. The average molecular weight is 287 g/mol. The SMILES string of the molecule is O=C(O)CN(C(=O)c1cnn2ccccc12)C1CCCC1. The Morgan fingerprint density at radius 3 is 2.81 bits per heavy atom. The molecule has 1 amide bonds. The van der Waals surface area contributed by atoms with Crippen molar-refractivity contribution in [3.8, 4) is 0 Å². The Kier molecular flexibility index (Phi) is 3.60. The lowest BCUT2D eigenvalue weighted by molar-refractivity contribution is -0.138. The summed E-state index contributed by atoms with van der Waals surface area (Å²) in [5.74, 6) is -1.22. The Bertz CT molecular complexity index is 674. The van der Waals surface area contributed by atoms with E-state index in [1.807, 2.05) is 18.2 Å². The lowest BCUT2D eigenvalue weighted by Crippen LogP contribution is -2.42. The lowest BCUT2D eigenvalue weighted by atomic mass is 10.1. The molecular formula is C15H17N3O3. The normalized spacial score (nSPS) is 15.4. The van der Waals surface area contributed by atoms with Crippen molar-refractivity contribution < 1.29 is 14.7 Å². The molecule has 110 valence electrons. The van der Waals surface area contributed by atoms with Gasteiger partial charge >= 0.3 is 5.97 Å². The summed E-state index contributed by atoms with van der Waals surface area (Å²) in [5.41, 5.74) is 1.17. The maximum atomic E-state index is 12.8. The molecule has 6 nitrogen and oxygen atoms in total. The van der Waals surface area contributed by atoms with Gasteiger partial charge < -0.3 is 10.0 Å². The second-order valence-corrected chi connectivity index (χ2v) is 5.35. The Morgan fingerprint density at radius 2 is 2.10 bits per heavy atom. The van der Waals surface area contributed by atoms with Gasteiger partial charge in [0.15, 0.2) is 0 Å². The van der Waals surface area contributed by atoms with E-state index in [2.05, 4.69) is 5.10 Å². The number of aliphatic carboxylic acids is 1. The first-order valence-corrected chi connectivity index (χ1v) is 7.12. The highest BCUT2D eigenvalue weighted by Gasteiger charge is 2.30. The number of hydrogen-bond acceptors (Lipinski definition) is 3. The molecule has 0 bridgehead atoms. The maximum Gasteiger partial charge on any atom is 0.323 e. The zero-order chi connectivity index (χ0) is 14.8. The zero-order valence-corrected chi connectivity index (χ0v) is 11.6. The van der Waals surface area contributed by atoms with Crippen molar-refractivity contribution >= 4 is 17.4 Å². The highest BCUT2D eigenvalue weighted by atomic mass is 16.4. The summed E-state index contributed by atoms with van der Waals surface area (Å²) in [5, 5.41) is 13.2. The van der Waals surface area contributed by atoms with Crippen molar-refractivity contribution in [2.75, 3.05) is 6.54 Å². The number of aromatic nitrogens is 2. The van der Waals surface area contributed by atoms with Crippen LogP contribution < -0.4 is 0 Å². The molecular weight excluding hydrogens is 270 g/mol. The summed E-state index contributed by atoms with van der Waals surface area (Å²) in [6.07, 6.45) is 7.12. The second kappa shape index (κ2) is 5.55. The van der Waals surface area contributed by atoms with Crippen LogP contribution in [0.3, 0.4) is 0 Å². The van der Waals surface area contributed by atoms with E-state index in [0.717, 1.165) is 25.7 Å². The van der Waals surface area contributed by atoms with Gasteiger partial charge in [-0.2, -0.15) is 5.10 Å². The van der Waals surface area contributed by atoms with Gasteiger partial charge in [-0.05, 0) is 25.0 Å². The van der Waals surface area contributed by atoms with Crippen molar-refractivity contribution in [2.24, 2.45) is 0 Å². The molecule has 1 aliphatic carbocycles. The number of carboxylic acid groups (broad SMARTS) is 1. The van der Waals surface area contributed by atoms with E-state index in [9.17, 15) is 9.59 Å². The molecule has 1 saturated carbocycles. The van der Waals surface area contributed by atoms with Crippen LogP contribution in [0, 0.1) is 0 Å². The quantitative estimate of drug-likeness (QED) is 0.930. The van der Waals surface area contributed by atoms with Gasteiger partial charge in [-0.3, -0.25) is 9.59 Å². The van der Waals surface area contributed by atoms with Crippen molar-refractivity contribution in [3.63, 3.8) is 0 Å². The van der Waals surface area contributed by atoms with Crippen LogP contribution in [0.15, 0.2) is 30.6 Å². The van der Waals surface area contributed by atoms with E-state index in [0.29, 0.717) is 11.1 Å². The number of nitrogens with zero attached hydrogens (tertiary/aromatic N) is 3.